The largest absolute Gasteiger partial charge is 0.496 e. The summed E-state index contributed by atoms with van der Waals surface area (Å²) < 4.78 is 16.0. The van der Waals surface area contributed by atoms with Crippen LogP contribution in [0.1, 0.15) is 5.56 Å². The molecule has 0 aliphatic rings. The minimum atomic E-state index is 0.476. The first-order chi connectivity index (χ1) is 9.26. The number of nitrogens with zero attached hydrogens (tertiary/aromatic N) is 1. The van der Waals surface area contributed by atoms with E-state index in [1.165, 1.54) is 0 Å². The molecule has 0 atom stereocenters. The summed E-state index contributed by atoms with van der Waals surface area (Å²) >= 11 is 0. The lowest BCUT2D eigenvalue weighted by atomic mass is 10.2. The van der Waals surface area contributed by atoms with E-state index in [0.717, 1.165) is 0 Å². The predicted octanol–water partition coefficient (Wildman–Crippen LogP) is 3.37. The first-order valence-electron chi connectivity index (χ1n) is 5.67. The second-order valence-electron chi connectivity index (χ2n) is 3.76. The fourth-order valence-corrected chi connectivity index (χ4v) is 1.62. The molecule has 0 saturated carbocycles. The van der Waals surface area contributed by atoms with Crippen molar-refractivity contribution in [2.24, 2.45) is 0 Å². The quantitative estimate of drug-likeness (QED) is 0.840. The minimum Gasteiger partial charge on any atom is -0.496 e. The highest BCUT2D eigenvalue weighted by molar-refractivity contribution is 5.48. The summed E-state index contributed by atoms with van der Waals surface area (Å²) in [6.07, 6.45) is 0. The molecule has 0 fully saturated rings. The molecular weight excluding hydrogens is 242 g/mol. The number of rotatable bonds is 4. The van der Waals surface area contributed by atoms with Gasteiger partial charge in [0.15, 0.2) is 0 Å². The average Bonchev–Trinajstić information content (AvgIpc) is 2.47. The van der Waals surface area contributed by atoms with Crippen LogP contribution in [0.15, 0.2) is 42.5 Å². The highest BCUT2D eigenvalue weighted by Gasteiger charge is 2.07. The minimum absolute atomic E-state index is 0.476. The maximum Gasteiger partial charge on any atom is 0.145 e. The molecule has 0 spiro atoms. The van der Waals surface area contributed by atoms with E-state index in [-0.39, 0.29) is 0 Å². The summed E-state index contributed by atoms with van der Waals surface area (Å²) in [5.74, 6) is 2.31. The van der Waals surface area contributed by atoms with Crippen LogP contribution in [0.4, 0.5) is 0 Å². The number of benzene rings is 2. The van der Waals surface area contributed by atoms with Crippen molar-refractivity contribution in [1.29, 1.82) is 5.26 Å². The molecule has 0 unspecified atom stereocenters. The molecule has 96 valence electrons. The highest BCUT2D eigenvalue weighted by atomic mass is 16.5. The zero-order chi connectivity index (χ0) is 13.7. The normalized spacial score (nSPS) is 9.53. The monoisotopic (exact) mass is 255 g/mol. The van der Waals surface area contributed by atoms with Gasteiger partial charge >= 0.3 is 0 Å². The summed E-state index contributed by atoms with van der Waals surface area (Å²) in [7, 11) is 3.14. The number of methoxy groups -OCH3 is 2. The molecule has 4 nitrogen and oxygen atoms in total. The van der Waals surface area contributed by atoms with Crippen LogP contribution in [0.5, 0.6) is 23.0 Å². The smallest absolute Gasteiger partial charge is 0.145 e. The lowest BCUT2D eigenvalue weighted by molar-refractivity contribution is 0.386. The molecular formula is C15H13NO3. The zero-order valence-electron chi connectivity index (χ0n) is 10.7. The van der Waals surface area contributed by atoms with Crippen molar-refractivity contribution >= 4 is 0 Å². The zero-order valence-corrected chi connectivity index (χ0v) is 10.7. The van der Waals surface area contributed by atoms with Crippen LogP contribution in [0.2, 0.25) is 0 Å². The van der Waals surface area contributed by atoms with Gasteiger partial charge in [-0.2, -0.15) is 5.26 Å². The predicted molar refractivity (Wildman–Crippen MR) is 70.8 cm³/mol. The fourth-order valence-electron chi connectivity index (χ4n) is 1.62. The molecule has 0 amide bonds. The van der Waals surface area contributed by atoms with Gasteiger partial charge in [0.05, 0.1) is 19.8 Å². The van der Waals surface area contributed by atoms with Crippen LogP contribution in [0, 0.1) is 11.3 Å². The summed E-state index contributed by atoms with van der Waals surface area (Å²) in [4.78, 5) is 0. The van der Waals surface area contributed by atoms with Crippen molar-refractivity contribution in [1.82, 2.24) is 0 Å². The summed E-state index contributed by atoms with van der Waals surface area (Å²) in [6.45, 7) is 0. The Kier molecular flexibility index (Phi) is 3.89. The van der Waals surface area contributed by atoms with Gasteiger partial charge in [-0.3, -0.25) is 0 Å². The maximum atomic E-state index is 9.02. The second-order valence-corrected chi connectivity index (χ2v) is 3.76. The van der Waals surface area contributed by atoms with Gasteiger partial charge in [0.1, 0.15) is 29.1 Å². The van der Waals surface area contributed by atoms with E-state index < -0.39 is 0 Å². The van der Waals surface area contributed by atoms with E-state index in [2.05, 4.69) is 6.07 Å². The molecule has 2 aromatic carbocycles. The Bertz CT molecular complexity index is 595. The number of hydrogen-bond acceptors (Lipinski definition) is 4. The molecule has 0 bridgehead atoms. The Morgan fingerprint density at radius 3 is 2.05 bits per heavy atom. The van der Waals surface area contributed by atoms with Crippen LogP contribution in [0.3, 0.4) is 0 Å². The third kappa shape index (κ3) is 2.96. The molecule has 0 N–H and O–H groups in total. The van der Waals surface area contributed by atoms with Gasteiger partial charge in [-0.15, -0.1) is 0 Å². The van der Waals surface area contributed by atoms with Gasteiger partial charge in [0.2, 0.25) is 0 Å². The van der Waals surface area contributed by atoms with E-state index >= 15 is 0 Å². The molecule has 0 aliphatic carbocycles. The number of para-hydroxylation sites is 1. The highest BCUT2D eigenvalue weighted by Crippen LogP contribution is 2.31. The molecule has 0 saturated heterocycles. The van der Waals surface area contributed by atoms with Gasteiger partial charge in [-0.25, -0.2) is 0 Å². The Morgan fingerprint density at radius 1 is 0.895 bits per heavy atom. The molecule has 0 aromatic heterocycles. The number of nitriles is 1. The Labute approximate surface area is 111 Å². The number of ether oxygens (including phenoxy) is 3. The molecule has 0 radical (unpaired) electrons. The number of hydrogen-bond donors (Lipinski definition) is 0. The van der Waals surface area contributed by atoms with Crippen LogP contribution < -0.4 is 14.2 Å². The topological polar surface area (TPSA) is 51.5 Å². The van der Waals surface area contributed by atoms with Gasteiger partial charge in [-0.05, 0) is 12.1 Å². The van der Waals surface area contributed by atoms with Crippen molar-refractivity contribution in [2.75, 3.05) is 14.2 Å². The molecule has 2 rings (SSSR count). The molecule has 0 aliphatic heterocycles. The van der Waals surface area contributed by atoms with Crippen molar-refractivity contribution in [3.8, 4) is 29.1 Å². The van der Waals surface area contributed by atoms with Crippen molar-refractivity contribution in [3.63, 3.8) is 0 Å². The molecule has 19 heavy (non-hydrogen) atoms. The van der Waals surface area contributed by atoms with E-state index in [1.807, 2.05) is 6.07 Å². The lowest BCUT2D eigenvalue weighted by Crippen LogP contribution is -1.91. The maximum absolute atomic E-state index is 9.02. The van der Waals surface area contributed by atoms with Crippen molar-refractivity contribution < 1.29 is 14.2 Å². The standard InChI is InChI=1S/C15H13NO3/c1-17-12-7-13(18-2)9-14(8-12)19-15-6-4-3-5-11(15)10-16/h3-9H,1-2H3. The second kappa shape index (κ2) is 5.78. The van der Waals surface area contributed by atoms with E-state index in [4.69, 9.17) is 19.5 Å². The third-order valence-electron chi connectivity index (χ3n) is 2.56. The first kappa shape index (κ1) is 12.8. The Balaban J connectivity index is 2.35. The molecule has 2 aromatic rings. The molecule has 0 heterocycles. The molecule has 4 heteroatoms. The Morgan fingerprint density at radius 2 is 1.47 bits per heavy atom. The van der Waals surface area contributed by atoms with Crippen molar-refractivity contribution in [3.05, 3.63) is 48.0 Å². The lowest BCUT2D eigenvalue weighted by Gasteiger charge is -2.10. The van der Waals surface area contributed by atoms with Gasteiger partial charge < -0.3 is 14.2 Å². The van der Waals surface area contributed by atoms with E-state index in [1.54, 1.807) is 50.6 Å². The van der Waals surface area contributed by atoms with Crippen LogP contribution >= 0.6 is 0 Å². The van der Waals surface area contributed by atoms with Crippen LogP contribution in [-0.2, 0) is 0 Å². The van der Waals surface area contributed by atoms with Gasteiger partial charge in [-0.1, -0.05) is 12.1 Å². The summed E-state index contributed by atoms with van der Waals surface area (Å²) in [5.41, 5.74) is 0.476. The SMILES string of the molecule is COc1cc(OC)cc(Oc2ccccc2C#N)c1. The van der Waals surface area contributed by atoms with Gasteiger partial charge in [0.25, 0.3) is 0 Å². The average molecular weight is 255 g/mol. The third-order valence-corrected chi connectivity index (χ3v) is 2.56. The van der Waals surface area contributed by atoms with Crippen LogP contribution in [0.25, 0.3) is 0 Å². The first-order valence-corrected chi connectivity index (χ1v) is 5.67. The summed E-state index contributed by atoms with van der Waals surface area (Å²) in [6, 6.07) is 14.3. The van der Waals surface area contributed by atoms with E-state index in [0.29, 0.717) is 28.6 Å². The van der Waals surface area contributed by atoms with Crippen molar-refractivity contribution in [2.45, 2.75) is 0 Å². The Hall–Kier alpha value is -2.67. The van der Waals surface area contributed by atoms with E-state index in [9.17, 15) is 0 Å². The summed E-state index contributed by atoms with van der Waals surface area (Å²) in [5, 5.41) is 9.02. The van der Waals surface area contributed by atoms with Gasteiger partial charge in [0, 0.05) is 18.2 Å². The van der Waals surface area contributed by atoms with Crippen LogP contribution in [-0.4, -0.2) is 14.2 Å². The fraction of sp³-hybridized carbons (Fsp3) is 0.133.